The molecule has 204 valence electrons. The normalized spacial score (nSPS) is 25.8. The third kappa shape index (κ3) is 5.71. The molecule has 0 amide bonds. The topological polar surface area (TPSA) is 106 Å². The molecule has 3 aromatic rings. The van der Waals surface area contributed by atoms with E-state index in [1.165, 1.54) is 12.3 Å². The number of fused-ring (bicyclic) bond motifs is 2. The molecule has 2 bridgehead atoms. The van der Waals surface area contributed by atoms with Crippen LogP contribution in [0.1, 0.15) is 39.0 Å². The Morgan fingerprint density at radius 2 is 1.84 bits per heavy atom. The highest BCUT2D eigenvalue weighted by Gasteiger charge is 2.51. The van der Waals surface area contributed by atoms with Crippen LogP contribution in [-0.4, -0.2) is 56.2 Å². The van der Waals surface area contributed by atoms with Gasteiger partial charge in [-0.15, -0.1) is 101 Å². The summed E-state index contributed by atoms with van der Waals surface area (Å²) in [7, 11) is 0. The molecule has 0 radical (unpaired) electrons. The average Bonchev–Trinajstić information content (AvgIpc) is 3.33. The van der Waals surface area contributed by atoms with Crippen molar-refractivity contribution in [2.45, 2.75) is 58.3 Å². The molecule has 0 aliphatic heterocycles. The van der Waals surface area contributed by atoms with Crippen molar-refractivity contribution in [3.05, 3.63) is 24.4 Å². The zero-order valence-corrected chi connectivity index (χ0v) is 25.5. The van der Waals surface area contributed by atoms with Crippen molar-refractivity contribution >= 4 is 81.6 Å². The number of hydrogen-bond donors (Lipinski definition) is 7. The van der Waals surface area contributed by atoms with Crippen LogP contribution in [0.2, 0.25) is 0 Å². The highest BCUT2D eigenvalue weighted by Crippen LogP contribution is 2.53. The van der Waals surface area contributed by atoms with Crippen molar-refractivity contribution in [3.63, 3.8) is 0 Å². The average molecular weight is 631 g/mol. The number of anilines is 1. The summed E-state index contributed by atoms with van der Waals surface area (Å²) in [6, 6.07) is 4.25. The van der Waals surface area contributed by atoms with Crippen molar-refractivity contribution in [2.24, 2.45) is 11.3 Å². The van der Waals surface area contributed by atoms with Crippen LogP contribution in [0.15, 0.2) is 24.4 Å². The Labute approximate surface area is 252 Å². The second-order valence-electron chi connectivity index (χ2n) is 10.2. The Kier molecular flexibility index (Phi) is 7.79. The number of halogens is 1. The fraction of sp³-hybridized carbons (Fsp3) is 0.545. The number of aromatic hydroxyl groups is 1. The maximum absolute atomic E-state index is 15.7. The van der Waals surface area contributed by atoms with E-state index in [1.54, 1.807) is 17.0 Å². The Balaban J connectivity index is 1.42. The summed E-state index contributed by atoms with van der Waals surface area (Å²) in [5.41, 5.74) is 0.885. The van der Waals surface area contributed by atoms with Gasteiger partial charge in [0.05, 0.1) is 17.8 Å². The first-order chi connectivity index (χ1) is 17.7. The molecule has 2 fully saturated rings. The predicted octanol–water partition coefficient (Wildman–Crippen LogP) is 4.77. The van der Waals surface area contributed by atoms with E-state index in [2.05, 4.69) is 113 Å². The van der Waals surface area contributed by atoms with E-state index in [-0.39, 0.29) is 28.7 Å². The minimum absolute atomic E-state index is 0.0243. The maximum atomic E-state index is 15.7. The number of benzene rings is 1. The number of phenolic OH excluding ortho intramolecular Hbond substituents is 1. The van der Waals surface area contributed by atoms with Gasteiger partial charge in [0.15, 0.2) is 15.2 Å². The molecule has 2 saturated carbocycles. The molecule has 38 heavy (non-hydrogen) atoms. The second kappa shape index (κ2) is 10.4. The SMILES string of the molecule is C[C@@]12CCC[C@@H](C1)[C@@H](F)[C@@H](N(c1cnc(-c3ccc(-c4nnn(C(S)(S)S)n4)cc3O)nn1)C(S)(S)S)C2. The van der Waals surface area contributed by atoms with Gasteiger partial charge in [0.1, 0.15) is 11.9 Å². The lowest BCUT2D eigenvalue weighted by molar-refractivity contribution is 0.0101. The molecule has 0 spiro atoms. The van der Waals surface area contributed by atoms with Crippen molar-refractivity contribution < 1.29 is 9.50 Å². The number of rotatable bonds is 6. The number of aromatic nitrogens is 7. The molecular formula is C22H27FN8OS6. The number of thiol groups is 6. The number of tetrazole rings is 1. The van der Waals surface area contributed by atoms with E-state index < -0.39 is 19.3 Å². The van der Waals surface area contributed by atoms with Crippen LogP contribution in [0.25, 0.3) is 22.8 Å². The van der Waals surface area contributed by atoms with Crippen LogP contribution in [-0.2, 0) is 3.54 Å². The minimum Gasteiger partial charge on any atom is -0.507 e. The number of hydrogen-bond acceptors (Lipinski definition) is 14. The molecule has 0 unspecified atom stereocenters. The van der Waals surface area contributed by atoms with E-state index in [4.69, 9.17) is 0 Å². The first-order valence-corrected chi connectivity index (χ1v) is 14.6. The lowest BCUT2D eigenvalue weighted by Crippen LogP contribution is -2.57. The minimum atomic E-state index is -1.30. The van der Waals surface area contributed by atoms with Crippen LogP contribution in [0.3, 0.4) is 0 Å². The fourth-order valence-electron chi connectivity index (χ4n) is 5.62. The zero-order valence-electron chi connectivity index (χ0n) is 20.2. The molecular weight excluding hydrogens is 604 g/mol. The van der Waals surface area contributed by atoms with E-state index in [9.17, 15) is 5.11 Å². The van der Waals surface area contributed by atoms with Crippen molar-refractivity contribution in [1.82, 2.24) is 35.4 Å². The van der Waals surface area contributed by atoms with E-state index in [0.29, 0.717) is 23.4 Å². The first-order valence-electron chi connectivity index (χ1n) is 11.9. The summed E-state index contributed by atoms with van der Waals surface area (Å²) in [4.78, 5) is 7.18. The van der Waals surface area contributed by atoms with Crippen LogP contribution in [0, 0.1) is 11.3 Å². The first kappa shape index (κ1) is 28.5. The number of nitrogens with zero attached hydrogens (tertiary/aromatic N) is 8. The third-order valence-electron chi connectivity index (χ3n) is 7.26. The smallest absolute Gasteiger partial charge is 0.213 e. The maximum Gasteiger partial charge on any atom is 0.213 e. The highest BCUT2D eigenvalue weighted by atomic mass is 32.2. The molecule has 9 nitrogen and oxygen atoms in total. The standard InChI is InChI=1S/C22H27FN8OS6/c1-20-6-2-3-12(8-20)17(23)14(9-20)30(21(33,34)35)16-10-24-19(26-25-16)13-5-4-11(7-15(13)32)18-27-29-31(28-18)22(36,37)38/h4-5,7,10,12,14,17,32-38H,2-3,6,8-9H2,1H3/t12-,14-,17+,20+/m0/s1. The molecule has 1 N–H and O–H groups in total. The fourth-order valence-corrected chi connectivity index (χ4v) is 6.62. The Morgan fingerprint density at radius 1 is 1.08 bits per heavy atom. The molecule has 2 aliphatic rings. The monoisotopic (exact) mass is 630 g/mol. The number of alkyl halides is 1. The van der Waals surface area contributed by atoms with Crippen LogP contribution < -0.4 is 4.90 Å². The molecule has 0 saturated heterocycles. The molecule has 2 aliphatic carbocycles. The highest BCUT2D eigenvalue weighted by molar-refractivity contribution is 8.17. The van der Waals surface area contributed by atoms with E-state index in [0.717, 1.165) is 30.5 Å². The predicted molar refractivity (Wildman–Crippen MR) is 164 cm³/mol. The van der Waals surface area contributed by atoms with E-state index >= 15 is 4.39 Å². The van der Waals surface area contributed by atoms with Crippen LogP contribution in [0.4, 0.5) is 10.2 Å². The van der Waals surface area contributed by atoms with E-state index in [1.807, 2.05) is 0 Å². The quantitative estimate of drug-likeness (QED) is 0.154. The largest absolute Gasteiger partial charge is 0.507 e. The molecule has 4 atom stereocenters. The Hall–Kier alpha value is -1.07. The summed E-state index contributed by atoms with van der Waals surface area (Å²) >= 11 is 26.1. The lowest BCUT2D eigenvalue weighted by atomic mass is 9.60. The number of phenols is 1. The van der Waals surface area contributed by atoms with Crippen LogP contribution in [0.5, 0.6) is 5.75 Å². The third-order valence-corrected chi connectivity index (χ3v) is 8.44. The summed E-state index contributed by atoms with van der Waals surface area (Å²) in [6.45, 7) is 2.22. The lowest BCUT2D eigenvalue weighted by Gasteiger charge is -2.53. The molecule has 2 heterocycles. The summed E-state index contributed by atoms with van der Waals surface area (Å²) < 4.78 is 13.2. The molecule has 5 rings (SSSR count). The van der Waals surface area contributed by atoms with Gasteiger partial charge < -0.3 is 10.0 Å². The summed E-state index contributed by atoms with van der Waals surface area (Å²) in [5, 5.41) is 31.3. The molecule has 2 aromatic heterocycles. The Morgan fingerprint density at radius 3 is 2.45 bits per heavy atom. The second-order valence-corrected chi connectivity index (χ2v) is 16.2. The van der Waals surface area contributed by atoms with Crippen molar-refractivity contribution in [1.29, 1.82) is 0 Å². The van der Waals surface area contributed by atoms with Crippen LogP contribution >= 0.6 is 75.8 Å². The van der Waals surface area contributed by atoms with Gasteiger partial charge in [-0.05, 0) is 54.4 Å². The summed E-state index contributed by atoms with van der Waals surface area (Å²) in [5.74, 6) is 0.599. The summed E-state index contributed by atoms with van der Waals surface area (Å²) in [6.07, 6.45) is 4.87. The van der Waals surface area contributed by atoms with Gasteiger partial charge >= 0.3 is 0 Å². The molecule has 1 aromatic carbocycles. The van der Waals surface area contributed by atoms with Gasteiger partial charge in [0.25, 0.3) is 0 Å². The van der Waals surface area contributed by atoms with Gasteiger partial charge in [-0.3, -0.25) is 0 Å². The van der Waals surface area contributed by atoms with Gasteiger partial charge in [-0.2, -0.15) is 0 Å². The van der Waals surface area contributed by atoms with Gasteiger partial charge in [-0.25, -0.2) is 9.37 Å². The van der Waals surface area contributed by atoms with Gasteiger partial charge in [-0.1, -0.05) is 19.4 Å². The Bertz CT molecular complexity index is 1320. The van der Waals surface area contributed by atoms with Gasteiger partial charge in [0.2, 0.25) is 9.36 Å². The van der Waals surface area contributed by atoms with Crippen molar-refractivity contribution in [3.8, 4) is 28.5 Å². The molecule has 16 heteroatoms. The zero-order chi connectivity index (χ0) is 27.5. The van der Waals surface area contributed by atoms with Crippen molar-refractivity contribution in [2.75, 3.05) is 4.90 Å². The van der Waals surface area contributed by atoms with Gasteiger partial charge in [0, 0.05) is 5.56 Å².